The molecule has 0 unspecified atom stereocenters. The second kappa shape index (κ2) is 6.28. The van der Waals surface area contributed by atoms with E-state index < -0.39 is 0 Å². The Kier molecular flexibility index (Phi) is 4.65. The summed E-state index contributed by atoms with van der Waals surface area (Å²) in [7, 11) is 0. The van der Waals surface area contributed by atoms with Gasteiger partial charge < -0.3 is 21.0 Å². The van der Waals surface area contributed by atoms with Crippen LogP contribution in [0.4, 0.5) is 0 Å². The summed E-state index contributed by atoms with van der Waals surface area (Å²) in [5.74, 6) is 0.213. The number of rotatable bonds is 5. The third kappa shape index (κ3) is 4.32. The minimum atomic E-state index is -0.338. The fourth-order valence-electron chi connectivity index (χ4n) is 0.941. The average Bonchev–Trinajstić information content (AvgIpc) is 2.34. The van der Waals surface area contributed by atoms with E-state index in [2.05, 4.69) is 10.5 Å². The molecule has 1 rings (SSSR count). The van der Waals surface area contributed by atoms with Gasteiger partial charge in [-0.2, -0.15) is 0 Å². The molecule has 1 amide bonds. The Hall–Kier alpha value is -2.24. The van der Waals surface area contributed by atoms with Gasteiger partial charge in [0.05, 0.1) is 6.54 Å². The molecule has 0 aliphatic carbocycles. The van der Waals surface area contributed by atoms with E-state index in [1.807, 2.05) is 18.2 Å². The van der Waals surface area contributed by atoms with E-state index in [1.165, 1.54) is 0 Å². The third-order valence-electron chi connectivity index (χ3n) is 1.71. The number of nitrogens with zero attached hydrogens (tertiary/aromatic N) is 1. The molecule has 0 saturated heterocycles. The van der Waals surface area contributed by atoms with Gasteiger partial charge in [0.2, 0.25) is 0 Å². The largest absolute Gasteiger partial charge is 0.484 e. The lowest BCUT2D eigenvalue weighted by Gasteiger charge is -2.06. The van der Waals surface area contributed by atoms with Crippen molar-refractivity contribution in [1.29, 1.82) is 0 Å². The van der Waals surface area contributed by atoms with E-state index in [4.69, 9.17) is 15.7 Å². The topological polar surface area (TPSA) is 96.9 Å². The highest BCUT2D eigenvalue weighted by molar-refractivity contribution is 5.87. The molecule has 6 nitrogen and oxygen atoms in total. The van der Waals surface area contributed by atoms with Crippen LogP contribution in [0.1, 0.15) is 0 Å². The highest BCUT2D eigenvalue weighted by Crippen LogP contribution is 2.07. The number of carbonyl (C=O) groups excluding carboxylic acids is 1. The highest BCUT2D eigenvalue weighted by atomic mass is 16.5. The second-order valence-corrected chi connectivity index (χ2v) is 2.97. The fraction of sp³-hybridized carbons (Fsp3) is 0.200. The number of nitrogens with one attached hydrogen (secondary N) is 1. The normalized spacial score (nSPS) is 10.9. The number of amidine groups is 1. The zero-order valence-corrected chi connectivity index (χ0v) is 8.59. The lowest BCUT2D eigenvalue weighted by Crippen LogP contribution is -2.36. The van der Waals surface area contributed by atoms with Crippen molar-refractivity contribution < 1.29 is 14.7 Å². The van der Waals surface area contributed by atoms with Crippen molar-refractivity contribution in [3.63, 3.8) is 0 Å². The number of para-hydroxylation sites is 1. The van der Waals surface area contributed by atoms with Crippen molar-refractivity contribution in [2.45, 2.75) is 0 Å². The molecule has 0 saturated carbocycles. The first-order valence-corrected chi connectivity index (χ1v) is 4.63. The summed E-state index contributed by atoms with van der Waals surface area (Å²) >= 11 is 0. The summed E-state index contributed by atoms with van der Waals surface area (Å²) < 4.78 is 5.18. The molecule has 0 bridgehead atoms. The summed E-state index contributed by atoms with van der Waals surface area (Å²) in [6.07, 6.45) is 0. The van der Waals surface area contributed by atoms with Crippen molar-refractivity contribution in [2.75, 3.05) is 13.2 Å². The maximum atomic E-state index is 11.2. The molecular weight excluding hydrogens is 210 g/mol. The third-order valence-corrected chi connectivity index (χ3v) is 1.71. The monoisotopic (exact) mass is 223 g/mol. The Morgan fingerprint density at radius 1 is 1.44 bits per heavy atom. The number of oxime groups is 1. The van der Waals surface area contributed by atoms with E-state index >= 15 is 0 Å². The van der Waals surface area contributed by atoms with Crippen LogP contribution in [0.25, 0.3) is 0 Å². The smallest absolute Gasteiger partial charge is 0.258 e. The van der Waals surface area contributed by atoms with Gasteiger partial charge in [-0.1, -0.05) is 23.4 Å². The number of amides is 1. The lowest BCUT2D eigenvalue weighted by molar-refractivity contribution is -0.122. The quantitative estimate of drug-likeness (QED) is 0.281. The summed E-state index contributed by atoms with van der Waals surface area (Å²) in [5, 5.41) is 13.4. The zero-order valence-electron chi connectivity index (χ0n) is 8.59. The van der Waals surface area contributed by atoms with Crippen LogP contribution >= 0.6 is 0 Å². The first kappa shape index (κ1) is 11.8. The Morgan fingerprint density at radius 3 is 2.75 bits per heavy atom. The van der Waals surface area contributed by atoms with E-state index in [-0.39, 0.29) is 24.9 Å². The molecule has 0 radical (unpaired) electrons. The van der Waals surface area contributed by atoms with Crippen molar-refractivity contribution in [1.82, 2.24) is 5.32 Å². The van der Waals surface area contributed by atoms with Gasteiger partial charge >= 0.3 is 0 Å². The van der Waals surface area contributed by atoms with Crippen LogP contribution in [0, 0.1) is 0 Å². The van der Waals surface area contributed by atoms with Crippen molar-refractivity contribution >= 4 is 11.7 Å². The Balaban J connectivity index is 2.26. The predicted octanol–water partition coefficient (Wildman–Crippen LogP) is -0.0720. The van der Waals surface area contributed by atoms with E-state index in [1.54, 1.807) is 12.1 Å². The Morgan fingerprint density at radius 2 is 2.12 bits per heavy atom. The number of carbonyl (C=O) groups is 1. The number of ether oxygens (including phenoxy) is 1. The summed E-state index contributed by atoms with van der Waals surface area (Å²) in [6.45, 7) is -0.115. The van der Waals surface area contributed by atoms with Crippen LogP contribution in [0.15, 0.2) is 35.5 Å². The SMILES string of the molecule is N/C(CNC(=O)COc1ccccc1)=N/O. The minimum absolute atomic E-state index is 0.00647. The van der Waals surface area contributed by atoms with E-state index in [0.29, 0.717) is 5.75 Å². The van der Waals surface area contributed by atoms with Crippen molar-refractivity contribution in [2.24, 2.45) is 10.9 Å². The maximum Gasteiger partial charge on any atom is 0.258 e. The predicted molar refractivity (Wildman–Crippen MR) is 58.4 cm³/mol. The van der Waals surface area contributed by atoms with Crippen LogP contribution in [-0.4, -0.2) is 30.1 Å². The molecule has 1 aromatic rings. The molecule has 86 valence electrons. The molecule has 0 fully saturated rings. The van der Waals surface area contributed by atoms with Gasteiger partial charge in [-0.05, 0) is 12.1 Å². The maximum absolute atomic E-state index is 11.2. The standard InChI is InChI=1S/C10H13N3O3/c11-9(13-15)6-12-10(14)7-16-8-4-2-1-3-5-8/h1-5,15H,6-7H2,(H2,11,13)(H,12,14). The van der Waals surface area contributed by atoms with Crippen LogP contribution in [0.3, 0.4) is 0 Å². The molecule has 0 atom stereocenters. The lowest BCUT2D eigenvalue weighted by atomic mass is 10.3. The molecule has 0 heterocycles. The Bertz CT molecular complexity index is 365. The zero-order chi connectivity index (χ0) is 11.8. The van der Waals surface area contributed by atoms with Gasteiger partial charge in [-0.25, -0.2) is 0 Å². The Labute approximate surface area is 92.7 Å². The van der Waals surface area contributed by atoms with Crippen LogP contribution < -0.4 is 15.8 Å². The number of benzene rings is 1. The average molecular weight is 223 g/mol. The molecule has 16 heavy (non-hydrogen) atoms. The van der Waals surface area contributed by atoms with Gasteiger partial charge in [-0.15, -0.1) is 0 Å². The van der Waals surface area contributed by atoms with Gasteiger partial charge in [-0.3, -0.25) is 4.79 Å². The fourth-order valence-corrected chi connectivity index (χ4v) is 0.941. The number of nitrogens with two attached hydrogens (primary N) is 1. The number of hydrogen-bond donors (Lipinski definition) is 3. The van der Waals surface area contributed by atoms with Gasteiger partial charge in [0.15, 0.2) is 12.4 Å². The highest BCUT2D eigenvalue weighted by Gasteiger charge is 2.02. The molecule has 0 aromatic heterocycles. The van der Waals surface area contributed by atoms with E-state index in [9.17, 15) is 4.79 Å². The molecular formula is C10H13N3O3. The minimum Gasteiger partial charge on any atom is -0.484 e. The van der Waals surface area contributed by atoms with Crippen LogP contribution in [0.2, 0.25) is 0 Å². The summed E-state index contributed by atoms with van der Waals surface area (Å²) in [6, 6.07) is 8.96. The van der Waals surface area contributed by atoms with Gasteiger partial charge in [0, 0.05) is 0 Å². The van der Waals surface area contributed by atoms with Crippen molar-refractivity contribution in [3.05, 3.63) is 30.3 Å². The first-order chi connectivity index (χ1) is 7.72. The van der Waals surface area contributed by atoms with Crippen molar-refractivity contribution in [3.8, 4) is 5.75 Å². The number of hydrogen-bond acceptors (Lipinski definition) is 4. The van der Waals surface area contributed by atoms with E-state index in [0.717, 1.165) is 0 Å². The molecule has 1 aromatic carbocycles. The van der Waals surface area contributed by atoms with Crippen LogP contribution in [0.5, 0.6) is 5.75 Å². The van der Waals surface area contributed by atoms with Gasteiger partial charge in [0.1, 0.15) is 5.75 Å². The molecule has 0 aliphatic rings. The van der Waals surface area contributed by atoms with Crippen LogP contribution in [-0.2, 0) is 4.79 Å². The first-order valence-electron chi connectivity index (χ1n) is 4.63. The molecule has 0 aliphatic heterocycles. The summed E-state index contributed by atoms with van der Waals surface area (Å²) in [4.78, 5) is 11.2. The molecule has 6 heteroatoms. The molecule has 4 N–H and O–H groups in total. The second-order valence-electron chi connectivity index (χ2n) is 2.97. The summed E-state index contributed by atoms with van der Waals surface area (Å²) in [5.41, 5.74) is 5.17. The van der Waals surface area contributed by atoms with Gasteiger partial charge in [0.25, 0.3) is 5.91 Å². The molecule has 0 spiro atoms.